The monoisotopic (exact) mass is 468 g/mol. The summed E-state index contributed by atoms with van der Waals surface area (Å²) in [6.07, 6.45) is 0.869. The second-order valence-corrected chi connectivity index (χ2v) is 9.00. The lowest BCUT2D eigenvalue weighted by atomic mass is 10.0. The highest BCUT2D eigenvalue weighted by Crippen LogP contribution is 2.40. The van der Waals surface area contributed by atoms with Gasteiger partial charge in [0, 0.05) is 47.4 Å². The zero-order chi connectivity index (χ0) is 23.1. The van der Waals surface area contributed by atoms with Gasteiger partial charge >= 0.3 is 0 Å². The van der Waals surface area contributed by atoms with Crippen molar-refractivity contribution >= 4 is 17.5 Å². The van der Waals surface area contributed by atoms with Crippen LogP contribution in [0, 0.1) is 11.6 Å². The number of benzene rings is 3. The molecule has 3 atom stereocenters. The molecule has 7 heteroatoms. The molecule has 2 heterocycles. The fourth-order valence-corrected chi connectivity index (χ4v) is 5.29. The normalized spacial score (nSPS) is 20.8. The molecule has 2 aliphatic rings. The van der Waals surface area contributed by atoms with Gasteiger partial charge in [-0.3, -0.25) is 9.69 Å². The summed E-state index contributed by atoms with van der Waals surface area (Å²) in [5.41, 5.74) is 1.10. The molecule has 0 radical (unpaired) electrons. The first-order valence-electron chi connectivity index (χ1n) is 10.9. The Morgan fingerprint density at radius 1 is 0.970 bits per heavy atom. The van der Waals surface area contributed by atoms with Gasteiger partial charge in [0.15, 0.2) is 0 Å². The summed E-state index contributed by atoms with van der Waals surface area (Å²) >= 11 is 6.28. The van der Waals surface area contributed by atoms with E-state index in [-0.39, 0.29) is 35.7 Å². The van der Waals surface area contributed by atoms with E-state index >= 15 is 0 Å². The Hall–Kier alpha value is -2.96. The largest absolute Gasteiger partial charge is 0.457 e. The number of nitrogens with zero attached hydrogens (tertiary/aromatic N) is 2. The number of carbonyl (C=O) groups is 1. The van der Waals surface area contributed by atoms with Gasteiger partial charge < -0.3 is 9.64 Å². The van der Waals surface area contributed by atoms with Crippen molar-refractivity contribution in [3.63, 3.8) is 0 Å². The molecule has 2 bridgehead atoms. The molecule has 0 aromatic heterocycles. The summed E-state index contributed by atoms with van der Waals surface area (Å²) in [5, 5.41) is 0.432. The number of carbonyl (C=O) groups excluding carboxylic acids is 1. The molecule has 2 saturated heterocycles. The van der Waals surface area contributed by atoms with Crippen LogP contribution in [0.15, 0.2) is 66.7 Å². The van der Waals surface area contributed by atoms with Crippen molar-refractivity contribution in [2.45, 2.75) is 31.5 Å². The SMILES string of the molecule is CC(c1c(F)cccc1Cl)N1CC2CC1CN2C(=O)c1ccc(Oc2ccc(F)cc2)cc1. The maximum Gasteiger partial charge on any atom is 0.254 e. The van der Waals surface area contributed by atoms with Gasteiger partial charge in [-0.2, -0.15) is 0 Å². The third-order valence-corrected chi connectivity index (χ3v) is 6.94. The molecular weight excluding hydrogens is 446 g/mol. The van der Waals surface area contributed by atoms with Crippen LogP contribution in [0.1, 0.15) is 35.3 Å². The van der Waals surface area contributed by atoms with Crippen LogP contribution < -0.4 is 4.74 Å². The van der Waals surface area contributed by atoms with E-state index in [4.69, 9.17) is 16.3 Å². The predicted molar refractivity (Wildman–Crippen MR) is 123 cm³/mol. The maximum atomic E-state index is 14.4. The smallest absolute Gasteiger partial charge is 0.254 e. The topological polar surface area (TPSA) is 32.8 Å². The molecule has 3 aromatic rings. The molecule has 33 heavy (non-hydrogen) atoms. The number of amides is 1. The van der Waals surface area contributed by atoms with Crippen LogP contribution in [0.5, 0.6) is 11.5 Å². The van der Waals surface area contributed by atoms with Crippen LogP contribution in [0.2, 0.25) is 5.02 Å². The van der Waals surface area contributed by atoms with Crippen molar-refractivity contribution in [1.82, 2.24) is 9.80 Å². The van der Waals surface area contributed by atoms with E-state index in [0.29, 0.717) is 40.7 Å². The first-order valence-corrected chi connectivity index (χ1v) is 11.3. The quantitative estimate of drug-likeness (QED) is 0.455. The lowest BCUT2D eigenvalue weighted by Gasteiger charge is -2.38. The molecule has 0 spiro atoms. The van der Waals surface area contributed by atoms with Gasteiger partial charge in [-0.15, -0.1) is 0 Å². The van der Waals surface area contributed by atoms with Crippen LogP contribution in [0.3, 0.4) is 0 Å². The molecule has 4 nitrogen and oxygen atoms in total. The van der Waals surface area contributed by atoms with E-state index in [1.165, 1.54) is 18.2 Å². The third-order valence-electron chi connectivity index (χ3n) is 6.61. The van der Waals surface area contributed by atoms with Crippen LogP contribution in [-0.4, -0.2) is 40.9 Å². The lowest BCUT2D eigenvalue weighted by molar-refractivity contribution is 0.0566. The molecule has 2 aliphatic heterocycles. The number of ether oxygens (including phenoxy) is 1. The zero-order valence-corrected chi connectivity index (χ0v) is 18.8. The van der Waals surface area contributed by atoms with Gasteiger partial charge in [0.2, 0.25) is 0 Å². The van der Waals surface area contributed by atoms with E-state index in [1.807, 2.05) is 11.8 Å². The van der Waals surface area contributed by atoms with Gasteiger partial charge in [0.25, 0.3) is 5.91 Å². The molecule has 170 valence electrons. The Morgan fingerprint density at radius 3 is 2.24 bits per heavy atom. The van der Waals surface area contributed by atoms with Crippen LogP contribution in [0.25, 0.3) is 0 Å². The van der Waals surface area contributed by atoms with E-state index in [0.717, 1.165) is 6.42 Å². The Bertz CT molecular complexity index is 1150. The summed E-state index contributed by atoms with van der Waals surface area (Å²) in [6.45, 7) is 3.26. The van der Waals surface area contributed by atoms with Gasteiger partial charge in [0.05, 0.1) is 0 Å². The summed E-state index contributed by atoms with van der Waals surface area (Å²) in [4.78, 5) is 17.3. The van der Waals surface area contributed by atoms with Gasteiger partial charge in [-0.1, -0.05) is 17.7 Å². The Balaban J connectivity index is 1.24. The molecule has 0 aliphatic carbocycles. The lowest BCUT2D eigenvalue weighted by Crippen LogP contribution is -2.49. The predicted octanol–water partition coefficient (Wildman–Crippen LogP) is 6.07. The molecular formula is C26H23ClF2N2O2. The van der Waals surface area contributed by atoms with E-state index in [9.17, 15) is 13.6 Å². The molecule has 3 aromatic carbocycles. The highest BCUT2D eigenvalue weighted by molar-refractivity contribution is 6.31. The first-order chi connectivity index (χ1) is 15.9. The second-order valence-electron chi connectivity index (χ2n) is 8.59. The van der Waals surface area contributed by atoms with Crippen molar-refractivity contribution < 1.29 is 18.3 Å². The molecule has 0 saturated carbocycles. The standard InChI is InChI=1S/C26H23ClF2N2O2/c1-16(25-23(27)3-2-4-24(25)29)30-14-20-13-19(30)15-31(20)26(32)17-5-9-21(10-6-17)33-22-11-7-18(28)8-12-22/h2-12,16,19-20H,13-15H2,1H3. The van der Waals surface area contributed by atoms with Crippen LogP contribution >= 0.6 is 11.6 Å². The zero-order valence-electron chi connectivity index (χ0n) is 18.0. The molecule has 5 rings (SSSR count). The Kier molecular flexibility index (Phi) is 5.81. The summed E-state index contributed by atoms with van der Waals surface area (Å²) in [5.74, 6) is 0.452. The molecule has 3 unspecified atom stereocenters. The number of fused-ring (bicyclic) bond motifs is 2. The second kappa shape index (κ2) is 8.76. The van der Waals surface area contributed by atoms with E-state index in [2.05, 4.69) is 4.90 Å². The highest BCUT2D eigenvalue weighted by Gasteiger charge is 2.47. The molecule has 2 fully saturated rings. The average molecular weight is 469 g/mol. The summed E-state index contributed by atoms with van der Waals surface area (Å²) < 4.78 is 33.2. The van der Waals surface area contributed by atoms with Gasteiger partial charge in [0.1, 0.15) is 23.1 Å². The molecule has 0 N–H and O–H groups in total. The van der Waals surface area contributed by atoms with Crippen LogP contribution in [0.4, 0.5) is 8.78 Å². The van der Waals surface area contributed by atoms with Crippen molar-refractivity contribution in [3.8, 4) is 11.5 Å². The van der Waals surface area contributed by atoms with Gasteiger partial charge in [-0.25, -0.2) is 8.78 Å². The fourth-order valence-electron chi connectivity index (χ4n) is 4.97. The number of rotatable bonds is 5. The minimum atomic E-state index is -0.326. The fraction of sp³-hybridized carbons (Fsp3) is 0.269. The minimum Gasteiger partial charge on any atom is -0.457 e. The number of piperazine rings is 1. The number of halogens is 3. The summed E-state index contributed by atoms with van der Waals surface area (Å²) in [7, 11) is 0. The van der Waals surface area contributed by atoms with E-state index < -0.39 is 0 Å². The van der Waals surface area contributed by atoms with Crippen molar-refractivity contribution in [2.24, 2.45) is 0 Å². The Morgan fingerprint density at radius 2 is 1.64 bits per heavy atom. The number of hydrogen-bond donors (Lipinski definition) is 0. The molecule has 1 amide bonds. The average Bonchev–Trinajstić information content (AvgIpc) is 3.42. The number of likely N-dealkylation sites (tertiary alicyclic amines) is 2. The van der Waals surface area contributed by atoms with Crippen molar-refractivity contribution in [3.05, 3.63) is 94.5 Å². The third kappa shape index (κ3) is 4.21. The van der Waals surface area contributed by atoms with E-state index in [1.54, 1.807) is 48.5 Å². The van der Waals surface area contributed by atoms with Gasteiger partial charge in [-0.05, 0) is 74.0 Å². The first kappa shape index (κ1) is 21.9. The Labute approximate surface area is 196 Å². The van der Waals surface area contributed by atoms with Crippen molar-refractivity contribution in [1.29, 1.82) is 0 Å². The minimum absolute atomic E-state index is 0.0212. The highest BCUT2D eigenvalue weighted by atomic mass is 35.5. The number of hydrogen-bond acceptors (Lipinski definition) is 3. The van der Waals surface area contributed by atoms with Crippen molar-refractivity contribution in [2.75, 3.05) is 13.1 Å². The maximum absolute atomic E-state index is 14.4. The summed E-state index contributed by atoms with van der Waals surface area (Å²) in [6, 6.07) is 17.6. The van der Waals surface area contributed by atoms with Crippen LogP contribution in [-0.2, 0) is 0 Å².